The van der Waals surface area contributed by atoms with Crippen molar-refractivity contribution in [1.82, 2.24) is 15.1 Å². The highest BCUT2D eigenvalue weighted by Gasteiger charge is 2.30. The fourth-order valence-corrected chi connectivity index (χ4v) is 3.10. The molecule has 0 bridgehead atoms. The van der Waals surface area contributed by atoms with E-state index in [1.807, 2.05) is 41.0 Å². The molecule has 130 valence electrons. The predicted octanol–water partition coefficient (Wildman–Crippen LogP) is 0.197. The summed E-state index contributed by atoms with van der Waals surface area (Å²) in [6.07, 6.45) is 0.0396. The zero-order valence-corrected chi connectivity index (χ0v) is 14.2. The van der Waals surface area contributed by atoms with Crippen molar-refractivity contribution >= 4 is 11.8 Å². The first kappa shape index (κ1) is 16.9. The van der Waals surface area contributed by atoms with Crippen LogP contribution in [0.1, 0.15) is 11.1 Å². The van der Waals surface area contributed by atoms with E-state index in [9.17, 15) is 9.59 Å². The van der Waals surface area contributed by atoms with Gasteiger partial charge in [0.25, 0.3) is 5.91 Å². The molecule has 2 aliphatic heterocycles. The smallest absolute Gasteiger partial charge is 0.253 e. The molecule has 1 N–H and O–H groups in total. The molecule has 6 heteroatoms. The van der Waals surface area contributed by atoms with E-state index in [1.165, 1.54) is 5.56 Å². The van der Waals surface area contributed by atoms with Gasteiger partial charge in [-0.05, 0) is 12.5 Å². The second-order valence-corrected chi connectivity index (χ2v) is 6.43. The number of amides is 2. The number of nitrogens with one attached hydrogen (secondary N) is 1. The number of carbonyl (C=O) groups is 2. The summed E-state index contributed by atoms with van der Waals surface area (Å²) < 4.78 is 5.52. The minimum atomic E-state index is -0.381. The molecule has 1 unspecified atom stereocenters. The number of carbonyl (C=O) groups excluding carboxylic acids is 2. The lowest BCUT2D eigenvalue weighted by Gasteiger charge is -2.37. The van der Waals surface area contributed by atoms with E-state index in [0.717, 1.165) is 12.1 Å². The maximum absolute atomic E-state index is 12.4. The van der Waals surface area contributed by atoms with Crippen molar-refractivity contribution in [2.45, 2.75) is 19.4 Å². The van der Waals surface area contributed by atoms with E-state index in [-0.39, 0.29) is 17.9 Å². The van der Waals surface area contributed by atoms with Crippen molar-refractivity contribution in [3.8, 4) is 0 Å². The maximum Gasteiger partial charge on any atom is 0.253 e. The highest BCUT2D eigenvalue weighted by Crippen LogP contribution is 2.10. The Morgan fingerprint density at radius 1 is 1.12 bits per heavy atom. The zero-order chi connectivity index (χ0) is 16.9. The fourth-order valence-electron chi connectivity index (χ4n) is 3.10. The second kappa shape index (κ2) is 7.77. The molecule has 1 aromatic rings. The van der Waals surface area contributed by atoms with Crippen LogP contribution in [0.15, 0.2) is 24.3 Å². The van der Waals surface area contributed by atoms with Crippen LogP contribution in [0.3, 0.4) is 0 Å². The van der Waals surface area contributed by atoms with E-state index in [2.05, 4.69) is 5.32 Å². The number of morpholine rings is 1. The SMILES string of the molecule is Cc1ccc(CC(=O)N2CCN(C(=O)C3CNCCO3)CC2)cc1. The number of hydrogen-bond donors (Lipinski definition) is 1. The summed E-state index contributed by atoms with van der Waals surface area (Å²) in [7, 11) is 0. The van der Waals surface area contributed by atoms with Gasteiger partial charge in [0.2, 0.25) is 5.91 Å². The Bertz CT molecular complexity index is 574. The third-order valence-electron chi connectivity index (χ3n) is 4.62. The molecule has 1 aromatic carbocycles. The van der Waals surface area contributed by atoms with Crippen LogP contribution in [-0.4, -0.2) is 73.6 Å². The summed E-state index contributed by atoms with van der Waals surface area (Å²) >= 11 is 0. The monoisotopic (exact) mass is 331 g/mol. The summed E-state index contributed by atoms with van der Waals surface area (Å²) in [5, 5.41) is 3.18. The van der Waals surface area contributed by atoms with Crippen molar-refractivity contribution in [1.29, 1.82) is 0 Å². The highest BCUT2D eigenvalue weighted by molar-refractivity contribution is 5.82. The Morgan fingerprint density at radius 3 is 2.42 bits per heavy atom. The number of hydrogen-bond acceptors (Lipinski definition) is 4. The van der Waals surface area contributed by atoms with Gasteiger partial charge >= 0.3 is 0 Å². The highest BCUT2D eigenvalue weighted by atomic mass is 16.5. The number of aryl methyl sites for hydroxylation is 1. The molecule has 0 aromatic heterocycles. The molecule has 2 heterocycles. The van der Waals surface area contributed by atoms with E-state index in [0.29, 0.717) is 45.8 Å². The first-order valence-electron chi connectivity index (χ1n) is 8.58. The molecule has 6 nitrogen and oxygen atoms in total. The van der Waals surface area contributed by atoms with Crippen LogP contribution in [0.2, 0.25) is 0 Å². The maximum atomic E-state index is 12.4. The summed E-state index contributed by atoms with van der Waals surface area (Å²) in [5.41, 5.74) is 2.23. The predicted molar refractivity (Wildman–Crippen MR) is 90.7 cm³/mol. The van der Waals surface area contributed by atoms with Crippen LogP contribution in [0, 0.1) is 6.92 Å². The molecule has 0 radical (unpaired) electrons. The zero-order valence-electron chi connectivity index (χ0n) is 14.2. The number of benzene rings is 1. The quantitative estimate of drug-likeness (QED) is 0.859. The van der Waals surface area contributed by atoms with Crippen molar-refractivity contribution in [3.63, 3.8) is 0 Å². The molecule has 2 amide bonds. The number of ether oxygens (including phenoxy) is 1. The van der Waals surface area contributed by atoms with E-state index >= 15 is 0 Å². The Hall–Kier alpha value is -1.92. The van der Waals surface area contributed by atoms with Gasteiger partial charge in [-0.25, -0.2) is 0 Å². The Kier molecular flexibility index (Phi) is 5.48. The van der Waals surface area contributed by atoms with Crippen LogP contribution in [0.4, 0.5) is 0 Å². The topological polar surface area (TPSA) is 61.9 Å². The van der Waals surface area contributed by atoms with Crippen LogP contribution in [-0.2, 0) is 20.7 Å². The molecule has 2 saturated heterocycles. The lowest BCUT2D eigenvalue weighted by molar-refractivity contribution is -0.149. The average molecular weight is 331 g/mol. The normalized spacial score (nSPS) is 21.6. The minimum Gasteiger partial charge on any atom is -0.366 e. The summed E-state index contributed by atoms with van der Waals surface area (Å²) in [4.78, 5) is 28.5. The third-order valence-corrected chi connectivity index (χ3v) is 4.62. The largest absolute Gasteiger partial charge is 0.366 e. The minimum absolute atomic E-state index is 0.0350. The van der Waals surface area contributed by atoms with Crippen LogP contribution in [0.5, 0.6) is 0 Å². The first-order valence-corrected chi connectivity index (χ1v) is 8.58. The Morgan fingerprint density at radius 2 is 1.79 bits per heavy atom. The standard InChI is InChI=1S/C18H25N3O3/c1-14-2-4-15(5-3-14)12-17(22)20-7-9-21(10-8-20)18(23)16-13-19-6-11-24-16/h2-5,16,19H,6-13H2,1H3. The second-order valence-electron chi connectivity index (χ2n) is 6.43. The molecule has 2 aliphatic rings. The van der Waals surface area contributed by atoms with Gasteiger partial charge in [-0.1, -0.05) is 29.8 Å². The molecule has 24 heavy (non-hydrogen) atoms. The first-order chi connectivity index (χ1) is 11.6. The van der Waals surface area contributed by atoms with E-state index in [4.69, 9.17) is 4.74 Å². The van der Waals surface area contributed by atoms with E-state index in [1.54, 1.807) is 0 Å². The van der Waals surface area contributed by atoms with Gasteiger partial charge in [-0.3, -0.25) is 9.59 Å². The lowest BCUT2D eigenvalue weighted by atomic mass is 10.1. The van der Waals surface area contributed by atoms with Gasteiger partial charge in [0.05, 0.1) is 13.0 Å². The van der Waals surface area contributed by atoms with Gasteiger partial charge in [0.15, 0.2) is 0 Å². The molecule has 0 spiro atoms. The van der Waals surface area contributed by atoms with Gasteiger partial charge in [-0.2, -0.15) is 0 Å². The van der Waals surface area contributed by atoms with Crippen molar-refractivity contribution in [2.24, 2.45) is 0 Å². The van der Waals surface area contributed by atoms with Crippen LogP contribution in [0.25, 0.3) is 0 Å². The van der Waals surface area contributed by atoms with Gasteiger partial charge in [0.1, 0.15) is 6.10 Å². The number of rotatable bonds is 3. The van der Waals surface area contributed by atoms with Gasteiger partial charge in [-0.15, -0.1) is 0 Å². The molecule has 3 rings (SSSR count). The van der Waals surface area contributed by atoms with Gasteiger partial charge in [0, 0.05) is 39.3 Å². The average Bonchev–Trinajstić information content (AvgIpc) is 2.64. The van der Waals surface area contributed by atoms with Crippen LogP contribution < -0.4 is 5.32 Å². The van der Waals surface area contributed by atoms with Crippen molar-refractivity contribution in [3.05, 3.63) is 35.4 Å². The Labute approximate surface area is 142 Å². The molecular weight excluding hydrogens is 306 g/mol. The summed E-state index contributed by atoms with van der Waals surface area (Å²) in [6.45, 7) is 6.33. The van der Waals surface area contributed by atoms with Crippen molar-refractivity contribution < 1.29 is 14.3 Å². The molecule has 0 saturated carbocycles. The Balaban J connectivity index is 1.48. The fraction of sp³-hybridized carbons (Fsp3) is 0.556. The van der Waals surface area contributed by atoms with Crippen molar-refractivity contribution in [2.75, 3.05) is 45.9 Å². The molecule has 0 aliphatic carbocycles. The number of nitrogens with zero attached hydrogens (tertiary/aromatic N) is 2. The number of piperazine rings is 1. The molecule has 2 fully saturated rings. The molecular formula is C18H25N3O3. The molecule has 1 atom stereocenters. The van der Waals surface area contributed by atoms with Gasteiger partial charge < -0.3 is 19.9 Å². The van der Waals surface area contributed by atoms with Crippen LogP contribution >= 0.6 is 0 Å². The lowest BCUT2D eigenvalue weighted by Crippen LogP contribution is -2.56. The third kappa shape index (κ3) is 4.13. The summed E-state index contributed by atoms with van der Waals surface area (Å²) in [5.74, 6) is 0.161. The summed E-state index contributed by atoms with van der Waals surface area (Å²) in [6, 6.07) is 8.05. The van der Waals surface area contributed by atoms with E-state index < -0.39 is 0 Å².